The van der Waals surface area contributed by atoms with Crippen molar-refractivity contribution in [2.75, 3.05) is 0 Å². The molecule has 0 rings (SSSR count). The predicted octanol–water partition coefficient (Wildman–Crippen LogP) is 5.53. The van der Waals surface area contributed by atoms with Crippen LogP contribution in [0.25, 0.3) is 0 Å². The van der Waals surface area contributed by atoms with Gasteiger partial charge in [0.15, 0.2) is 0 Å². The van der Waals surface area contributed by atoms with Crippen LogP contribution in [0.15, 0.2) is 0 Å². The van der Waals surface area contributed by atoms with Gasteiger partial charge in [-0.1, -0.05) is 78.1 Å². The van der Waals surface area contributed by atoms with E-state index in [9.17, 15) is 4.79 Å². The number of amides is 1. The van der Waals surface area contributed by atoms with Crippen molar-refractivity contribution >= 4 is 5.91 Å². The molecule has 0 saturated carbocycles. The van der Waals surface area contributed by atoms with E-state index in [-0.39, 0.29) is 12.0 Å². The van der Waals surface area contributed by atoms with Crippen LogP contribution in [0.3, 0.4) is 0 Å². The summed E-state index contributed by atoms with van der Waals surface area (Å²) in [5.74, 6) is 0.0290. The molecular weight excluding hydrogens is 262 g/mol. The molecule has 0 spiro atoms. The standard InChI is InChI=1S/C18H37NO2/c1-4-6-8-9-10-11-12-13-14-16-18(20)19-21-17(3)15-7-5-2/h17H,4-16H2,1-3H3,(H,19,20). The highest BCUT2D eigenvalue weighted by Gasteiger charge is 2.05. The summed E-state index contributed by atoms with van der Waals surface area (Å²) in [7, 11) is 0. The molecule has 0 radical (unpaired) electrons. The van der Waals surface area contributed by atoms with Crippen molar-refractivity contribution in [2.45, 2.75) is 110 Å². The molecule has 3 nitrogen and oxygen atoms in total. The molecule has 1 amide bonds. The Bertz CT molecular complexity index is 231. The van der Waals surface area contributed by atoms with E-state index in [1.165, 1.54) is 51.4 Å². The Kier molecular flexibility index (Phi) is 15.4. The second-order valence-electron chi connectivity index (χ2n) is 6.17. The van der Waals surface area contributed by atoms with Crippen molar-refractivity contribution in [3.8, 4) is 0 Å². The molecule has 126 valence electrons. The van der Waals surface area contributed by atoms with Crippen LogP contribution in [-0.4, -0.2) is 12.0 Å². The predicted molar refractivity (Wildman–Crippen MR) is 90.1 cm³/mol. The van der Waals surface area contributed by atoms with Crippen LogP contribution in [0.4, 0.5) is 0 Å². The van der Waals surface area contributed by atoms with E-state index >= 15 is 0 Å². The van der Waals surface area contributed by atoms with Crippen LogP contribution in [0, 0.1) is 0 Å². The summed E-state index contributed by atoms with van der Waals surface area (Å²) in [4.78, 5) is 16.9. The number of unbranched alkanes of at least 4 members (excludes halogenated alkanes) is 9. The van der Waals surface area contributed by atoms with Crippen molar-refractivity contribution in [3.63, 3.8) is 0 Å². The highest BCUT2D eigenvalue weighted by Crippen LogP contribution is 2.10. The van der Waals surface area contributed by atoms with E-state index in [2.05, 4.69) is 19.3 Å². The summed E-state index contributed by atoms with van der Waals surface area (Å²) in [6, 6.07) is 0. The second-order valence-corrected chi connectivity index (χ2v) is 6.17. The fourth-order valence-electron chi connectivity index (χ4n) is 2.36. The van der Waals surface area contributed by atoms with Crippen molar-refractivity contribution < 1.29 is 9.63 Å². The lowest BCUT2D eigenvalue weighted by molar-refractivity contribution is -0.138. The van der Waals surface area contributed by atoms with Gasteiger partial charge in [-0.05, 0) is 19.8 Å². The van der Waals surface area contributed by atoms with E-state index < -0.39 is 0 Å². The zero-order valence-electron chi connectivity index (χ0n) is 14.6. The number of carbonyl (C=O) groups is 1. The molecule has 0 aromatic heterocycles. The number of nitrogens with one attached hydrogen (secondary N) is 1. The van der Waals surface area contributed by atoms with Crippen LogP contribution in [0.2, 0.25) is 0 Å². The van der Waals surface area contributed by atoms with E-state index in [1.54, 1.807) is 0 Å². The molecule has 1 atom stereocenters. The van der Waals surface area contributed by atoms with Gasteiger partial charge >= 0.3 is 0 Å². The van der Waals surface area contributed by atoms with Crippen molar-refractivity contribution in [3.05, 3.63) is 0 Å². The highest BCUT2D eigenvalue weighted by molar-refractivity contribution is 5.74. The molecule has 0 aliphatic rings. The van der Waals surface area contributed by atoms with Crippen LogP contribution < -0.4 is 5.48 Å². The molecule has 0 heterocycles. The van der Waals surface area contributed by atoms with Crippen molar-refractivity contribution in [2.24, 2.45) is 0 Å². The third-order valence-electron chi connectivity index (χ3n) is 3.85. The van der Waals surface area contributed by atoms with E-state index in [0.29, 0.717) is 6.42 Å². The van der Waals surface area contributed by atoms with Gasteiger partial charge in [0.1, 0.15) is 0 Å². The molecule has 0 aliphatic carbocycles. The van der Waals surface area contributed by atoms with Gasteiger partial charge in [-0.25, -0.2) is 5.48 Å². The number of hydrogen-bond donors (Lipinski definition) is 1. The Morgan fingerprint density at radius 3 is 1.95 bits per heavy atom. The average Bonchev–Trinajstić information content (AvgIpc) is 2.49. The largest absolute Gasteiger partial charge is 0.273 e. The SMILES string of the molecule is CCCCCCCCCCCC(=O)NOC(C)CCCC. The van der Waals surface area contributed by atoms with Crippen LogP contribution in [0.5, 0.6) is 0 Å². The number of rotatable bonds is 15. The first kappa shape index (κ1) is 20.4. The zero-order chi connectivity index (χ0) is 15.8. The first-order chi connectivity index (χ1) is 10.2. The highest BCUT2D eigenvalue weighted by atomic mass is 16.7. The maximum absolute atomic E-state index is 11.6. The van der Waals surface area contributed by atoms with Crippen molar-refractivity contribution in [1.29, 1.82) is 0 Å². The molecule has 3 heteroatoms. The Morgan fingerprint density at radius 1 is 0.857 bits per heavy atom. The summed E-state index contributed by atoms with van der Waals surface area (Å²) < 4.78 is 0. The minimum absolute atomic E-state index is 0.0290. The van der Waals surface area contributed by atoms with E-state index in [0.717, 1.165) is 25.7 Å². The normalized spacial score (nSPS) is 12.3. The van der Waals surface area contributed by atoms with Gasteiger partial charge in [0.25, 0.3) is 0 Å². The minimum atomic E-state index is 0.0290. The van der Waals surface area contributed by atoms with Gasteiger partial charge in [0.05, 0.1) is 6.10 Å². The lowest BCUT2D eigenvalue weighted by Gasteiger charge is -2.12. The zero-order valence-corrected chi connectivity index (χ0v) is 14.6. The fourth-order valence-corrected chi connectivity index (χ4v) is 2.36. The minimum Gasteiger partial charge on any atom is -0.273 e. The summed E-state index contributed by atoms with van der Waals surface area (Å²) in [6.07, 6.45) is 15.5. The quantitative estimate of drug-likeness (QED) is 0.319. The Labute approximate surface area is 132 Å². The lowest BCUT2D eigenvalue weighted by atomic mass is 10.1. The fraction of sp³-hybridized carbons (Fsp3) is 0.944. The van der Waals surface area contributed by atoms with Gasteiger partial charge in [-0.2, -0.15) is 0 Å². The summed E-state index contributed by atoms with van der Waals surface area (Å²) in [6.45, 7) is 6.42. The first-order valence-electron chi connectivity index (χ1n) is 9.15. The van der Waals surface area contributed by atoms with Crippen LogP contribution in [0.1, 0.15) is 104 Å². The number of hydroxylamine groups is 1. The van der Waals surface area contributed by atoms with E-state index in [1.807, 2.05) is 6.92 Å². The molecule has 1 unspecified atom stereocenters. The Hall–Kier alpha value is -0.570. The summed E-state index contributed by atoms with van der Waals surface area (Å²) >= 11 is 0. The Morgan fingerprint density at radius 2 is 1.38 bits per heavy atom. The first-order valence-corrected chi connectivity index (χ1v) is 9.15. The molecule has 0 aliphatic heterocycles. The van der Waals surface area contributed by atoms with E-state index in [4.69, 9.17) is 4.84 Å². The third-order valence-corrected chi connectivity index (χ3v) is 3.85. The second kappa shape index (κ2) is 15.8. The molecule has 0 saturated heterocycles. The molecule has 0 aromatic rings. The third kappa shape index (κ3) is 15.6. The lowest BCUT2D eigenvalue weighted by Crippen LogP contribution is -2.27. The van der Waals surface area contributed by atoms with Crippen LogP contribution in [-0.2, 0) is 9.63 Å². The smallest absolute Gasteiger partial charge is 0.243 e. The maximum Gasteiger partial charge on any atom is 0.243 e. The monoisotopic (exact) mass is 299 g/mol. The summed E-state index contributed by atoms with van der Waals surface area (Å²) in [5.41, 5.74) is 2.58. The van der Waals surface area contributed by atoms with Crippen LogP contribution >= 0.6 is 0 Å². The topological polar surface area (TPSA) is 38.3 Å². The van der Waals surface area contributed by atoms with Gasteiger partial charge in [0, 0.05) is 6.42 Å². The molecule has 1 N–H and O–H groups in total. The molecular formula is C18H37NO2. The molecule has 0 bridgehead atoms. The molecule has 0 fully saturated rings. The maximum atomic E-state index is 11.6. The average molecular weight is 299 g/mol. The van der Waals surface area contributed by atoms with Gasteiger partial charge in [-0.15, -0.1) is 0 Å². The van der Waals surface area contributed by atoms with Gasteiger partial charge in [-0.3, -0.25) is 9.63 Å². The van der Waals surface area contributed by atoms with Gasteiger partial charge in [0.2, 0.25) is 5.91 Å². The number of carbonyl (C=O) groups excluding carboxylic acids is 1. The molecule has 21 heavy (non-hydrogen) atoms. The van der Waals surface area contributed by atoms with Gasteiger partial charge < -0.3 is 0 Å². The summed E-state index contributed by atoms with van der Waals surface area (Å²) in [5, 5.41) is 0. The molecule has 0 aromatic carbocycles. The Balaban J connectivity index is 3.26. The van der Waals surface area contributed by atoms with Crippen molar-refractivity contribution in [1.82, 2.24) is 5.48 Å². The number of hydrogen-bond acceptors (Lipinski definition) is 2.